The van der Waals surface area contributed by atoms with Crippen LogP contribution in [-0.2, 0) is 23.4 Å². The lowest BCUT2D eigenvalue weighted by molar-refractivity contribution is -0.160. The van der Waals surface area contributed by atoms with Gasteiger partial charge in [0.2, 0.25) is 6.79 Å². The molecular weight excluding hydrogens is 271 g/mol. The summed E-state index contributed by atoms with van der Waals surface area (Å²) in [5.41, 5.74) is -0.683. The van der Waals surface area contributed by atoms with Crippen LogP contribution >= 0.6 is 19.2 Å². The minimum absolute atomic E-state index is 0.150. The topological polar surface area (TPSA) is 82.1 Å². The summed E-state index contributed by atoms with van der Waals surface area (Å²) in [5.74, 6) is -0.293. The molecule has 0 saturated heterocycles. The molecule has 0 radical (unpaired) electrons. The van der Waals surface area contributed by atoms with Crippen molar-refractivity contribution >= 4 is 25.2 Å². The number of esters is 1. The Kier molecular flexibility index (Phi) is 7.28. The summed E-state index contributed by atoms with van der Waals surface area (Å²) >= 11 is 5.32. The van der Waals surface area contributed by atoms with Crippen molar-refractivity contribution in [3.63, 3.8) is 0 Å². The Morgan fingerprint density at radius 3 is 2.47 bits per heavy atom. The van der Waals surface area contributed by atoms with Gasteiger partial charge in [0.05, 0.1) is 12.0 Å². The number of carbonyl (C=O) groups excluding carboxylic acids is 1. The van der Waals surface area contributed by atoms with Gasteiger partial charge < -0.3 is 14.4 Å². The largest absolute Gasteiger partial charge is 0.438 e. The van der Waals surface area contributed by atoms with Crippen molar-refractivity contribution in [2.75, 3.05) is 25.6 Å². The molecule has 1 atom stereocenters. The van der Waals surface area contributed by atoms with Crippen LogP contribution in [0.3, 0.4) is 0 Å². The van der Waals surface area contributed by atoms with Gasteiger partial charge in [-0.25, -0.2) is 0 Å². The molecule has 0 aliphatic rings. The molecule has 0 fully saturated rings. The van der Waals surface area contributed by atoms with Gasteiger partial charge in [-0.15, -0.1) is 11.6 Å². The number of halogens is 1. The standard InChI is InChI=1S/C9H18ClO6P/c1-9(2,3)8(11)15-6-16-17(12,13)7-14-5-4-10/h4-7H2,1-3H3,(H,12,13). The van der Waals surface area contributed by atoms with E-state index >= 15 is 0 Å². The molecule has 0 aromatic rings. The predicted octanol–water partition coefficient (Wildman–Crippen LogP) is 1.95. The van der Waals surface area contributed by atoms with Gasteiger partial charge in [0.25, 0.3) is 0 Å². The van der Waals surface area contributed by atoms with Gasteiger partial charge in [-0.05, 0) is 20.8 Å². The SMILES string of the molecule is CC(C)(C)C(=O)OCOP(=O)(O)COCCCl. The summed E-state index contributed by atoms with van der Waals surface area (Å²) in [4.78, 5) is 20.5. The molecule has 8 heteroatoms. The molecule has 0 aliphatic carbocycles. The van der Waals surface area contributed by atoms with E-state index < -0.39 is 32.1 Å². The predicted molar refractivity (Wildman–Crippen MR) is 62.9 cm³/mol. The number of carbonyl (C=O) groups is 1. The van der Waals surface area contributed by atoms with Crippen molar-refractivity contribution in [3.8, 4) is 0 Å². The van der Waals surface area contributed by atoms with Crippen LogP contribution in [0.5, 0.6) is 0 Å². The van der Waals surface area contributed by atoms with Gasteiger partial charge in [-0.1, -0.05) is 0 Å². The van der Waals surface area contributed by atoms with E-state index in [4.69, 9.17) is 16.3 Å². The maximum absolute atomic E-state index is 11.3. The molecule has 0 aromatic heterocycles. The van der Waals surface area contributed by atoms with Crippen LogP contribution in [0.4, 0.5) is 0 Å². The van der Waals surface area contributed by atoms with Crippen LogP contribution in [0.15, 0.2) is 0 Å². The molecule has 0 rings (SSSR count). The number of rotatable bonds is 7. The highest BCUT2D eigenvalue weighted by Crippen LogP contribution is 2.41. The highest BCUT2D eigenvalue weighted by Gasteiger charge is 2.25. The molecule has 102 valence electrons. The minimum atomic E-state index is -3.89. The molecule has 0 saturated carbocycles. The van der Waals surface area contributed by atoms with E-state index in [1.807, 2.05) is 0 Å². The summed E-state index contributed by atoms with van der Waals surface area (Å²) in [5, 5.41) is 0. The van der Waals surface area contributed by atoms with Crippen LogP contribution in [0.2, 0.25) is 0 Å². The zero-order valence-electron chi connectivity index (χ0n) is 10.1. The lowest BCUT2D eigenvalue weighted by Crippen LogP contribution is -2.23. The van der Waals surface area contributed by atoms with Gasteiger partial charge in [0.1, 0.15) is 6.35 Å². The van der Waals surface area contributed by atoms with Gasteiger partial charge >= 0.3 is 13.6 Å². The van der Waals surface area contributed by atoms with Gasteiger partial charge in [0.15, 0.2) is 0 Å². The molecule has 1 unspecified atom stereocenters. The first-order valence-corrected chi connectivity index (χ1v) is 7.26. The number of ether oxygens (including phenoxy) is 2. The average molecular weight is 289 g/mol. The van der Waals surface area contributed by atoms with Crippen LogP contribution in [0, 0.1) is 5.41 Å². The second-order valence-electron chi connectivity index (χ2n) is 4.29. The summed E-state index contributed by atoms with van der Waals surface area (Å²) in [6.45, 7) is 4.57. The highest BCUT2D eigenvalue weighted by molar-refractivity contribution is 7.52. The first-order valence-electron chi connectivity index (χ1n) is 4.96. The first kappa shape index (κ1) is 16.9. The fourth-order valence-electron chi connectivity index (χ4n) is 0.650. The second-order valence-corrected chi connectivity index (χ2v) is 6.46. The molecule has 0 bridgehead atoms. The average Bonchev–Trinajstić information content (AvgIpc) is 2.16. The van der Waals surface area contributed by atoms with Crippen molar-refractivity contribution < 1.29 is 28.3 Å². The quantitative estimate of drug-likeness (QED) is 0.253. The third-order valence-electron chi connectivity index (χ3n) is 1.53. The molecule has 1 N–H and O–H groups in total. The number of hydrogen-bond donors (Lipinski definition) is 1. The maximum atomic E-state index is 11.3. The lowest BCUT2D eigenvalue weighted by atomic mass is 9.98. The van der Waals surface area contributed by atoms with E-state index in [9.17, 15) is 14.3 Å². The summed E-state index contributed by atoms with van der Waals surface area (Å²) in [6, 6.07) is 0. The van der Waals surface area contributed by atoms with Crippen LogP contribution < -0.4 is 0 Å². The number of hydrogen-bond acceptors (Lipinski definition) is 5. The minimum Gasteiger partial charge on any atom is -0.438 e. The van der Waals surface area contributed by atoms with Gasteiger partial charge in [-0.3, -0.25) is 13.9 Å². The van der Waals surface area contributed by atoms with E-state index in [0.29, 0.717) is 0 Å². The fraction of sp³-hybridized carbons (Fsp3) is 0.889. The van der Waals surface area contributed by atoms with Crippen LogP contribution in [-0.4, -0.2) is 36.5 Å². The van der Waals surface area contributed by atoms with Gasteiger partial charge in [-0.2, -0.15) is 0 Å². The Bertz CT molecular complexity index is 288. The molecule has 6 nitrogen and oxygen atoms in total. The Balaban J connectivity index is 3.87. The third kappa shape index (κ3) is 8.57. The van der Waals surface area contributed by atoms with Crippen molar-refractivity contribution in [2.24, 2.45) is 5.41 Å². The Morgan fingerprint density at radius 1 is 1.41 bits per heavy atom. The van der Waals surface area contributed by atoms with E-state index in [-0.39, 0.29) is 12.5 Å². The molecule has 17 heavy (non-hydrogen) atoms. The Morgan fingerprint density at radius 2 is 2.00 bits per heavy atom. The van der Waals surface area contributed by atoms with E-state index in [0.717, 1.165) is 0 Å². The molecule has 0 spiro atoms. The monoisotopic (exact) mass is 288 g/mol. The molecule has 0 heterocycles. The van der Waals surface area contributed by atoms with Crippen molar-refractivity contribution in [1.29, 1.82) is 0 Å². The lowest BCUT2D eigenvalue weighted by Gasteiger charge is -2.17. The second kappa shape index (κ2) is 7.34. The molecule has 0 aromatic carbocycles. The van der Waals surface area contributed by atoms with E-state index in [1.165, 1.54) is 0 Å². The zero-order chi connectivity index (χ0) is 13.5. The molecule has 0 aliphatic heterocycles. The Labute approximate surface area is 106 Å². The summed E-state index contributed by atoms with van der Waals surface area (Å²) in [6.07, 6.45) is -0.479. The van der Waals surface area contributed by atoms with Crippen molar-refractivity contribution in [1.82, 2.24) is 0 Å². The smallest absolute Gasteiger partial charge is 0.356 e. The highest BCUT2D eigenvalue weighted by atomic mass is 35.5. The Hall–Kier alpha value is -0.130. The zero-order valence-corrected chi connectivity index (χ0v) is 11.8. The fourth-order valence-corrected chi connectivity index (χ4v) is 1.41. The normalized spacial score (nSPS) is 15.4. The van der Waals surface area contributed by atoms with Crippen molar-refractivity contribution in [3.05, 3.63) is 0 Å². The molecular formula is C9H18ClO6P. The summed E-state index contributed by atoms with van der Waals surface area (Å²) < 4.78 is 25.3. The van der Waals surface area contributed by atoms with Crippen molar-refractivity contribution in [2.45, 2.75) is 20.8 Å². The molecule has 0 amide bonds. The van der Waals surface area contributed by atoms with Crippen LogP contribution in [0.25, 0.3) is 0 Å². The third-order valence-corrected chi connectivity index (χ3v) is 2.70. The first-order chi connectivity index (χ1) is 7.69. The van der Waals surface area contributed by atoms with E-state index in [1.54, 1.807) is 20.8 Å². The number of alkyl halides is 1. The maximum Gasteiger partial charge on any atom is 0.356 e. The van der Waals surface area contributed by atoms with Gasteiger partial charge in [0, 0.05) is 5.88 Å². The van der Waals surface area contributed by atoms with Crippen LogP contribution in [0.1, 0.15) is 20.8 Å². The van der Waals surface area contributed by atoms with E-state index in [2.05, 4.69) is 9.26 Å². The summed E-state index contributed by atoms with van der Waals surface area (Å²) in [7, 11) is -3.89.